The Morgan fingerprint density at radius 2 is 1.82 bits per heavy atom. The van der Waals surface area contributed by atoms with Crippen LogP contribution in [0, 0.1) is 10.1 Å². The maximum atomic E-state index is 11.7. The van der Waals surface area contributed by atoms with Crippen LogP contribution in [-0.2, 0) is 16.4 Å². The third-order valence-corrected chi connectivity index (χ3v) is 4.44. The van der Waals surface area contributed by atoms with E-state index in [-0.39, 0.29) is 22.2 Å². The molecule has 2 aromatic carbocycles. The maximum absolute atomic E-state index is 11.7. The van der Waals surface area contributed by atoms with Crippen molar-refractivity contribution < 1.29 is 18.1 Å². The molecule has 0 aromatic heterocycles. The van der Waals surface area contributed by atoms with Gasteiger partial charge in [0, 0.05) is 29.0 Å². The first kappa shape index (κ1) is 16.3. The number of sulfone groups is 1. The van der Waals surface area contributed by atoms with Gasteiger partial charge in [0.25, 0.3) is 5.69 Å². The van der Waals surface area contributed by atoms with Crippen LogP contribution in [0.4, 0.5) is 5.69 Å². The van der Waals surface area contributed by atoms with E-state index in [2.05, 4.69) is 0 Å². The van der Waals surface area contributed by atoms with Crippen LogP contribution in [0.3, 0.4) is 0 Å². The minimum Gasteiger partial charge on any atom is -0.489 e. The molecule has 0 spiro atoms. The Balaban J connectivity index is 2.23. The SMILES string of the molecule is CS(=O)(=O)c1cccc(Cl)c1COc1ccc([N+](=O)[O-])cc1. The Kier molecular flexibility index (Phi) is 4.68. The summed E-state index contributed by atoms with van der Waals surface area (Å²) in [5, 5.41) is 10.9. The highest BCUT2D eigenvalue weighted by atomic mass is 35.5. The number of halogens is 1. The van der Waals surface area contributed by atoms with Gasteiger partial charge in [-0.05, 0) is 24.3 Å². The van der Waals surface area contributed by atoms with Crippen LogP contribution in [0.1, 0.15) is 5.56 Å². The second-order valence-electron chi connectivity index (χ2n) is 4.53. The Morgan fingerprint density at radius 3 is 2.36 bits per heavy atom. The van der Waals surface area contributed by atoms with Gasteiger partial charge in [0.15, 0.2) is 9.84 Å². The number of nitrogens with zero attached hydrogens (tertiary/aromatic N) is 1. The van der Waals surface area contributed by atoms with Crippen LogP contribution in [0.25, 0.3) is 0 Å². The molecule has 0 saturated heterocycles. The van der Waals surface area contributed by atoms with E-state index in [1.54, 1.807) is 12.1 Å². The molecule has 2 aromatic rings. The molecule has 8 heteroatoms. The minimum absolute atomic E-state index is 0.0538. The van der Waals surface area contributed by atoms with Gasteiger partial charge in [-0.15, -0.1) is 0 Å². The number of benzene rings is 2. The molecule has 0 amide bonds. The van der Waals surface area contributed by atoms with Crippen molar-refractivity contribution in [2.45, 2.75) is 11.5 Å². The standard InChI is InChI=1S/C14H12ClNO5S/c1-22(19,20)14-4-2-3-13(15)12(14)9-21-11-7-5-10(6-8-11)16(17)18/h2-8H,9H2,1H3. The van der Waals surface area contributed by atoms with Crippen LogP contribution >= 0.6 is 11.6 Å². The lowest BCUT2D eigenvalue weighted by molar-refractivity contribution is -0.384. The first-order valence-electron chi connectivity index (χ1n) is 6.14. The first-order valence-corrected chi connectivity index (χ1v) is 8.40. The molecule has 0 heterocycles. The molecule has 0 bridgehead atoms. The van der Waals surface area contributed by atoms with Crippen molar-refractivity contribution in [2.24, 2.45) is 0 Å². The highest BCUT2D eigenvalue weighted by Gasteiger charge is 2.16. The van der Waals surface area contributed by atoms with E-state index in [4.69, 9.17) is 16.3 Å². The molecule has 0 N–H and O–H groups in total. The van der Waals surface area contributed by atoms with Gasteiger partial charge >= 0.3 is 0 Å². The van der Waals surface area contributed by atoms with E-state index in [1.165, 1.54) is 30.3 Å². The van der Waals surface area contributed by atoms with E-state index < -0.39 is 14.8 Å². The van der Waals surface area contributed by atoms with Crippen molar-refractivity contribution in [1.82, 2.24) is 0 Å². The lowest BCUT2D eigenvalue weighted by atomic mass is 10.2. The van der Waals surface area contributed by atoms with Crippen molar-refractivity contribution in [3.63, 3.8) is 0 Å². The number of hydrogen-bond acceptors (Lipinski definition) is 5. The average Bonchev–Trinajstić information content (AvgIpc) is 2.45. The maximum Gasteiger partial charge on any atom is 0.269 e. The predicted octanol–water partition coefficient (Wildman–Crippen LogP) is 3.23. The number of nitro groups is 1. The molecular weight excluding hydrogens is 330 g/mol. The van der Waals surface area contributed by atoms with Crippen LogP contribution < -0.4 is 4.74 Å². The van der Waals surface area contributed by atoms with Crippen LogP contribution in [-0.4, -0.2) is 19.6 Å². The van der Waals surface area contributed by atoms with E-state index in [0.29, 0.717) is 11.3 Å². The van der Waals surface area contributed by atoms with Gasteiger partial charge in [0.1, 0.15) is 12.4 Å². The zero-order valence-electron chi connectivity index (χ0n) is 11.5. The highest BCUT2D eigenvalue weighted by molar-refractivity contribution is 7.90. The van der Waals surface area contributed by atoms with Crippen molar-refractivity contribution in [1.29, 1.82) is 0 Å². The van der Waals surface area contributed by atoms with Crippen LogP contribution in [0.15, 0.2) is 47.4 Å². The summed E-state index contributed by atoms with van der Waals surface area (Å²) in [6, 6.07) is 10.1. The molecule has 0 fully saturated rings. The largest absolute Gasteiger partial charge is 0.489 e. The monoisotopic (exact) mass is 341 g/mol. The lowest BCUT2D eigenvalue weighted by Crippen LogP contribution is -2.06. The van der Waals surface area contributed by atoms with E-state index >= 15 is 0 Å². The molecule has 0 aliphatic rings. The summed E-state index contributed by atoms with van der Waals surface area (Å²) >= 11 is 6.03. The van der Waals surface area contributed by atoms with E-state index in [1.807, 2.05) is 0 Å². The zero-order chi connectivity index (χ0) is 16.3. The molecule has 2 rings (SSSR count). The molecule has 0 radical (unpaired) electrons. The molecule has 0 aliphatic carbocycles. The molecule has 22 heavy (non-hydrogen) atoms. The fourth-order valence-corrected chi connectivity index (χ4v) is 3.07. The predicted molar refractivity (Wildman–Crippen MR) is 82.0 cm³/mol. The Bertz CT molecular complexity index is 802. The summed E-state index contributed by atoms with van der Waals surface area (Å²) < 4.78 is 29.0. The summed E-state index contributed by atoms with van der Waals surface area (Å²) in [6.07, 6.45) is 1.09. The Morgan fingerprint density at radius 1 is 1.18 bits per heavy atom. The second-order valence-corrected chi connectivity index (χ2v) is 6.92. The molecule has 0 unspecified atom stereocenters. The van der Waals surface area contributed by atoms with Crippen LogP contribution in [0.5, 0.6) is 5.75 Å². The average molecular weight is 342 g/mol. The fourth-order valence-electron chi connectivity index (χ4n) is 1.85. The van der Waals surface area contributed by atoms with Gasteiger partial charge in [0.05, 0.1) is 9.82 Å². The van der Waals surface area contributed by atoms with E-state index in [0.717, 1.165) is 6.26 Å². The molecule has 0 saturated carbocycles. The number of nitro benzene ring substituents is 1. The second kappa shape index (κ2) is 6.33. The topological polar surface area (TPSA) is 86.5 Å². The summed E-state index contributed by atoms with van der Waals surface area (Å²) in [5.74, 6) is 0.380. The normalized spacial score (nSPS) is 11.2. The highest BCUT2D eigenvalue weighted by Crippen LogP contribution is 2.26. The molecule has 6 nitrogen and oxygen atoms in total. The third kappa shape index (κ3) is 3.75. The zero-order valence-corrected chi connectivity index (χ0v) is 13.1. The fraction of sp³-hybridized carbons (Fsp3) is 0.143. The number of hydrogen-bond donors (Lipinski definition) is 0. The summed E-state index contributed by atoms with van der Waals surface area (Å²) in [5.41, 5.74) is 0.298. The van der Waals surface area contributed by atoms with Crippen molar-refractivity contribution >= 4 is 27.1 Å². The Hall–Kier alpha value is -2.12. The van der Waals surface area contributed by atoms with Gasteiger partial charge in [-0.3, -0.25) is 10.1 Å². The van der Waals surface area contributed by atoms with E-state index in [9.17, 15) is 18.5 Å². The minimum atomic E-state index is -3.43. The van der Waals surface area contributed by atoms with Crippen molar-refractivity contribution in [3.05, 3.63) is 63.2 Å². The Labute approximate surface area is 132 Å². The number of ether oxygens (including phenoxy) is 1. The van der Waals surface area contributed by atoms with Crippen molar-refractivity contribution in [3.8, 4) is 5.75 Å². The first-order chi connectivity index (χ1) is 10.3. The lowest BCUT2D eigenvalue weighted by Gasteiger charge is -2.11. The number of rotatable bonds is 5. The van der Waals surface area contributed by atoms with Gasteiger partial charge < -0.3 is 4.74 Å². The molecule has 116 valence electrons. The number of non-ortho nitro benzene ring substituents is 1. The van der Waals surface area contributed by atoms with Gasteiger partial charge in [-0.25, -0.2) is 8.42 Å². The quantitative estimate of drug-likeness (QED) is 0.615. The third-order valence-electron chi connectivity index (χ3n) is 2.91. The van der Waals surface area contributed by atoms with Crippen molar-refractivity contribution in [2.75, 3.05) is 6.26 Å². The summed E-state index contributed by atoms with van der Waals surface area (Å²) in [4.78, 5) is 10.2. The molecular formula is C14H12ClNO5S. The molecule has 0 aliphatic heterocycles. The van der Waals surface area contributed by atoms with Gasteiger partial charge in [-0.2, -0.15) is 0 Å². The smallest absolute Gasteiger partial charge is 0.269 e. The van der Waals surface area contributed by atoms with Crippen LogP contribution in [0.2, 0.25) is 5.02 Å². The van der Waals surface area contributed by atoms with Gasteiger partial charge in [-0.1, -0.05) is 17.7 Å². The van der Waals surface area contributed by atoms with Gasteiger partial charge in [0.2, 0.25) is 0 Å². The molecule has 0 atom stereocenters. The summed E-state index contributed by atoms with van der Waals surface area (Å²) in [7, 11) is -3.43. The summed E-state index contributed by atoms with van der Waals surface area (Å²) in [6.45, 7) is -0.0557.